The molecular formula is C41H37BrClN7O6. The van der Waals surface area contributed by atoms with Crippen molar-refractivity contribution in [3.8, 4) is 46.1 Å². The first-order valence-electron chi connectivity index (χ1n) is 17.8. The standard InChI is InChI=1S/C41H37BrClN7O6/c1-41(22-51,40(52)53)48-20-25-16-32(43)39(50-37(25)55-21-24-15-23(17-44)18-45-19-24)56-34-12-10-27-26(5-3-6-28(27)34)29-7-4-8-30(35(29)42)33-11-9-31(38(49-33)54-2)36-46-13-14-47-36/h3-9,11,15-16,18-19,34,48,51H,10,12-14,20-22H2,1-2H3,(H,46,47)(H,52,53)/t34-,41?/m0/s1. The highest BCUT2D eigenvalue weighted by molar-refractivity contribution is 9.10. The second kappa shape index (κ2) is 16.6. The van der Waals surface area contributed by atoms with Crippen molar-refractivity contribution in [2.45, 2.75) is 44.6 Å². The van der Waals surface area contributed by atoms with Gasteiger partial charge in [0.25, 0.3) is 0 Å². The molecule has 13 nitrogen and oxygen atoms in total. The van der Waals surface area contributed by atoms with Crippen LogP contribution < -0.4 is 24.8 Å². The number of benzene rings is 2. The van der Waals surface area contributed by atoms with Crippen LogP contribution >= 0.6 is 27.5 Å². The molecule has 0 bridgehead atoms. The number of pyridine rings is 3. The number of aliphatic carboxylic acids is 1. The van der Waals surface area contributed by atoms with Crippen LogP contribution in [0.25, 0.3) is 22.4 Å². The molecule has 0 amide bonds. The van der Waals surface area contributed by atoms with Crippen LogP contribution in [0.1, 0.15) is 52.8 Å². The fourth-order valence-electron chi connectivity index (χ4n) is 6.67. The quantitative estimate of drug-likeness (QED) is 0.0964. The fourth-order valence-corrected chi connectivity index (χ4v) is 7.56. The number of halogens is 2. The number of aromatic nitrogens is 3. The van der Waals surface area contributed by atoms with Gasteiger partial charge in [0.2, 0.25) is 17.6 Å². The number of ether oxygens (including phenoxy) is 3. The van der Waals surface area contributed by atoms with E-state index in [0.29, 0.717) is 35.5 Å². The molecule has 0 fully saturated rings. The summed E-state index contributed by atoms with van der Waals surface area (Å²) < 4.78 is 19.2. The molecule has 56 heavy (non-hydrogen) atoms. The van der Waals surface area contributed by atoms with Crippen LogP contribution in [-0.2, 0) is 24.4 Å². The van der Waals surface area contributed by atoms with E-state index in [0.717, 1.165) is 62.3 Å². The number of hydrogen-bond acceptors (Lipinski definition) is 12. The molecule has 0 radical (unpaired) electrons. The van der Waals surface area contributed by atoms with Crippen LogP contribution in [0.5, 0.6) is 17.6 Å². The Hall–Kier alpha value is -5.59. The number of methoxy groups -OCH3 is 1. The number of nitrogens with zero attached hydrogens (tertiary/aromatic N) is 5. The molecule has 1 unspecified atom stereocenters. The first kappa shape index (κ1) is 38.7. The van der Waals surface area contributed by atoms with E-state index >= 15 is 0 Å². The van der Waals surface area contributed by atoms with Gasteiger partial charge in [-0.05, 0) is 82.2 Å². The smallest absolute Gasteiger partial charge is 0.326 e. The van der Waals surface area contributed by atoms with Crippen molar-refractivity contribution in [1.82, 2.24) is 25.6 Å². The number of aliphatic hydroxyl groups is 1. The highest BCUT2D eigenvalue weighted by Gasteiger charge is 2.33. The summed E-state index contributed by atoms with van der Waals surface area (Å²) in [6.07, 6.45) is 4.06. The number of carbonyl (C=O) groups is 1. The molecular weight excluding hydrogens is 802 g/mol. The first-order chi connectivity index (χ1) is 27.1. The van der Waals surface area contributed by atoms with Crippen molar-refractivity contribution in [3.63, 3.8) is 0 Å². The summed E-state index contributed by atoms with van der Waals surface area (Å²) in [5, 5.41) is 35.2. The van der Waals surface area contributed by atoms with E-state index in [2.05, 4.69) is 59.7 Å². The van der Waals surface area contributed by atoms with Gasteiger partial charge in [-0.3, -0.25) is 20.1 Å². The monoisotopic (exact) mass is 837 g/mol. The van der Waals surface area contributed by atoms with E-state index in [1.54, 1.807) is 25.4 Å². The van der Waals surface area contributed by atoms with Gasteiger partial charge in [0, 0.05) is 46.6 Å². The predicted octanol–water partition coefficient (Wildman–Crippen LogP) is 6.42. The zero-order valence-electron chi connectivity index (χ0n) is 30.5. The number of rotatable bonds is 14. The maximum absolute atomic E-state index is 11.9. The summed E-state index contributed by atoms with van der Waals surface area (Å²) in [7, 11) is 1.61. The Morgan fingerprint density at radius 1 is 1.07 bits per heavy atom. The van der Waals surface area contributed by atoms with Crippen LogP contribution in [-0.4, -0.2) is 69.3 Å². The van der Waals surface area contributed by atoms with Gasteiger partial charge in [-0.15, -0.1) is 0 Å². The third kappa shape index (κ3) is 7.89. The van der Waals surface area contributed by atoms with Crippen molar-refractivity contribution in [1.29, 1.82) is 5.26 Å². The van der Waals surface area contributed by atoms with Crippen LogP contribution in [0.15, 0.2) is 82.5 Å². The van der Waals surface area contributed by atoms with Crippen molar-refractivity contribution in [2.75, 3.05) is 26.8 Å². The fraction of sp³-hybridized carbons (Fsp3) is 0.268. The Morgan fingerprint density at radius 3 is 2.62 bits per heavy atom. The number of aliphatic hydroxyl groups excluding tert-OH is 1. The molecule has 0 saturated heterocycles. The second-order valence-corrected chi connectivity index (χ2v) is 14.7. The lowest BCUT2D eigenvalue weighted by Crippen LogP contribution is -2.52. The predicted molar refractivity (Wildman–Crippen MR) is 213 cm³/mol. The molecule has 4 N–H and O–H groups in total. The van der Waals surface area contributed by atoms with E-state index in [1.807, 2.05) is 36.4 Å². The first-order valence-corrected chi connectivity index (χ1v) is 19.0. The number of carboxylic acid groups (broad SMARTS) is 1. The largest absolute Gasteiger partial charge is 0.480 e. The van der Waals surface area contributed by atoms with Crippen molar-refractivity contribution in [3.05, 3.63) is 116 Å². The molecule has 3 aromatic heterocycles. The minimum atomic E-state index is -1.62. The number of aliphatic imine (C=N–C) groups is 1. The van der Waals surface area contributed by atoms with Gasteiger partial charge in [0.05, 0.1) is 37.1 Å². The van der Waals surface area contributed by atoms with Gasteiger partial charge in [0.1, 0.15) is 35.2 Å². The lowest BCUT2D eigenvalue weighted by atomic mass is 9.95. The lowest BCUT2D eigenvalue weighted by molar-refractivity contribution is -0.145. The van der Waals surface area contributed by atoms with Crippen molar-refractivity contribution >= 4 is 39.3 Å². The molecule has 2 aromatic carbocycles. The molecule has 5 aromatic rings. The zero-order valence-corrected chi connectivity index (χ0v) is 32.8. The Morgan fingerprint density at radius 2 is 1.88 bits per heavy atom. The Balaban J connectivity index is 1.17. The summed E-state index contributed by atoms with van der Waals surface area (Å²) in [6, 6.07) is 21.5. The molecule has 15 heteroatoms. The van der Waals surface area contributed by atoms with Crippen LogP contribution in [0.4, 0.5) is 0 Å². The normalized spacial score (nSPS) is 15.6. The van der Waals surface area contributed by atoms with E-state index in [4.69, 9.17) is 30.8 Å². The van der Waals surface area contributed by atoms with Gasteiger partial charge < -0.3 is 29.7 Å². The summed E-state index contributed by atoms with van der Waals surface area (Å²) in [5.74, 6) is 0.333. The average Bonchev–Trinajstić information content (AvgIpc) is 3.91. The van der Waals surface area contributed by atoms with Crippen LogP contribution in [0.2, 0.25) is 5.02 Å². The zero-order chi connectivity index (χ0) is 39.4. The summed E-state index contributed by atoms with van der Waals surface area (Å²) in [6.45, 7) is 2.20. The average molecular weight is 839 g/mol. The Bertz CT molecular complexity index is 2390. The van der Waals surface area contributed by atoms with E-state index < -0.39 is 18.1 Å². The highest BCUT2D eigenvalue weighted by Crippen LogP contribution is 2.45. The van der Waals surface area contributed by atoms with Gasteiger partial charge in [0.15, 0.2) is 0 Å². The molecule has 2 aliphatic rings. The van der Waals surface area contributed by atoms with Crippen LogP contribution in [0.3, 0.4) is 0 Å². The molecule has 2 atom stereocenters. The molecule has 1 aliphatic heterocycles. The van der Waals surface area contributed by atoms with E-state index in [1.165, 1.54) is 13.1 Å². The number of carboxylic acids is 1. The third-order valence-corrected chi connectivity index (χ3v) is 10.9. The van der Waals surface area contributed by atoms with Gasteiger partial charge in [-0.25, -0.2) is 4.98 Å². The number of nitriles is 1. The molecule has 7 rings (SSSR count). The molecule has 1 aliphatic carbocycles. The molecule has 4 heterocycles. The van der Waals surface area contributed by atoms with Crippen molar-refractivity contribution < 1.29 is 29.2 Å². The van der Waals surface area contributed by atoms with E-state index in [-0.39, 0.29) is 36.0 Å². The Kier molecular flexibility index (Phi) is 11.5. The number of hydrogen-bond donors (Lipinski definition) is 4. The van der Waals surface area contributed by atoms with Crippen molar-refractivity contribution in [2.24, 2.45) is 4.99 Å². The number of amidine groups is 1. The Labute approximate surface area is 336 Å². The van der Waals surface area contributed by atoms with Gasteiger partial charge in [-0.1, -0.05) is 48.0 Å². The highest BCUT2D eigenvalue weighted by atomic mass is 79.9. The van der Waals surface area contributed by atoms with Gasteiger partial charge in [-0.2, -0.15) is 10.2 Å². The van der Waals surface area contributed by atoms with E-state index in [9.17, 15) is 20.3 Å². The second-order valence-electron chi connectivity index (χ2n) is 13.5. The summed E-state index contributed by atoms with van der Waals surface area (Å²) >= 11 is 10.7. The maximum atomic E-state index is 11.9. The summed E-state index contributed by atoms with van der Waals surface area (Å²) in [5.41, 5.74) is 6.49. The maximum Gasteiger partial charge on any atom is 0.326 e. The van der Waals surface area contributed by atoms with Gasteiger partial charge >= 0.3 is 5.97 Å². The minimum Gasteiger partial charge on any atom is -0.480 e. The topological polar surface area (TPSA) is 184 Å². The number of fused-ring (bicyclic) bond motifs is 1. The molecule has 0 spiro atoms. The number of nitrogens with one attached hydrogen (secondary N) is 2. The molecule has 0 saturated carbocycles. The third-order valence-electron chi connectivity index (χ3n) is 9.76. The SMILES string of the molecule is COc1nc(-c2cccc(-c3cccc4c3CC[C@@H]4Oc3nc(OCc4cncc(C#N)c4)c(CNC(C)(CO)C(=O)O)cc3Cl)c2Br)ccc1C1=NCCN1. The minimum absolute atomic E-state index is 0.0162. The lowest BCUT2D eigenvalue weighted by Gasteiger charge is -2.24. The van der Waals surface area contributed by atoms with Crippen LogP contribution in [0, 0.1) is 11.3 Å². The molecule has 286 valence electrons. The summed E-state index contributed by atoms with van der Waals surface area (Å²) in [4.78, 5) is 30.0.